The molecule has 12 rings (SSSR count). The standard InChI is InChI=1S/C64H49N/c1-7-23-48(24-8-1)63(49-25-9-2-10-26-49)58-36-20-19-35-57(58)62-47(22-21-37-59(62)63)40-38-46-39-42-55-56-43-41-54(65(52-31-15-5-16-32-52)53-33-17-6-18-34-53)45-61(56)64(60(55)44-46,50-27-11-3-12-28-50)51-29-13-4-14-30-51/h1-5,7-17,20-34,36-45H,6,18-19,35H2/b40-38+. The molecular weight excluding hydrogens is 783 g/mol. The van der Waals surface area contributed by atoms with Crippen LogP contribution in [0.25, 0.3) is 28.9 Å². The Balaban J connectivity index is 1.04. The minimum Gasteiger partial charge on any atom is -0.311 e. The summed E-state index contributed by atoms with van der Waals surface area (Å²) >= 11 is 0. The van der Waals surface area contributed by atoms with Crippen molar-refractivity contribution in [2.75, 3.05) is 4.90 Å². The summed E-state index contributed by atoms with van der Waals surface area (Å²) < 4.78 is 0. The highest BCUT2D eigenvalue weighted by Crippen LogP contribution is 2.59. The van der Waals surface area contributed by atoms with E-state index in [0.29, 0.717) is 0 Å². The molecular formula is C64H49N. The zero-order valence-electron chi connectivity index (χ0n) is 36.4. The first-order valence-electron chi connectivity index (χ1n) is 23.2. The van der Waals surface area contributed by atoms with Gasteiger partial charge in [0.1, 0.15) is 0 Å². The summed E-state index contributed by atoms with van der Waals surface area (Å²) in [7, 11) is 0. The van der Waals surface area contributed by atoms with Gasteiger partial charge >= 0.3 is 0 Å². The second-order valence-electron chi connectivity index (χ2n) is 17.7. The molecule has 4 aliphatic carbocycles. The van der Waals surface area contributed by atoms with Gasteiger partial charge < -0.3 is 4.90 Å². The number of nitrogens with zero attached hydrogens (tertiary/aromatic N) is 1. The summed E-state index contributed by atoms with van der Waals surface area (Å²) in [6.45, 7) is 0. The van der Waals surface area contributed by atoms with E-state index in [0.717, 1.165) is 37.1 Å². The van der Waals surface area contributed by atoms with Crippen molar-refractivity contribution in [1.29, 1.82) is 0 Å². The Bertz CT molecular complexity index is 3140. The van der Waals surface area contributed by atoms with E-state index in [1.54, 1.807) is 0 Å². The van der Waals surface area contributed by atoms with Gasteiger partial charge in [0, 0.05) is 17.1 Å². The van der Waals surface area contributed by atoms with Crippen molar-refractivity contribution in [3.63, 3.8) is 0 Å². The molecule has 0 atom stereocenters. The van der Waals surface area contributed by atoms with Gasteiger partial charge in [0.05, 0.1) is 10.8 Å². The van der Waals surface area contributed by atoms with Crippen LogP contribution < -0.4 is 4.90 Å². The smallest absolute Gasteiger partial charge is 0.0714 e. The quantitative estimate of drug-likeness (QED) is 0.131. The highest BCUT2D eigenvalue weighted by Gasteiger charge is 2.48. The first kappa shape index (κ1) is 38.9. The normalized spacial score (nSPS) is 16.2. The molecule has 0 radical (unpaired) electrons. The van der Waals surface area contributed by atoms with Gasteiger partial charge in [0.15, 0.2) is 0 Å². The number of fused-ring (bicyclic) bond motifs is 5. The Hall–Kier alpha value is -7.74. The maximum absolute atomic E-state index is 2.48. The van der Waals surface area contributed by atoms with E-state index in [2.05, 4.69) is 254 Å². The van der Waals surface area contributed by atoms with E-state index >= 15 is 0 Å². The fraction of sp³-hybridized carbons (Fsp3) is 0.0938. The van der Waals surface area contributed by atoms with Crippen molar-refractivity contribution >= 4 is 29.1 Å². The molecule has 0 saturated carbocycles. The minimum atomic E-state index is -0.556. The Morgan fingerprint density at radius 2 is 0.985 bits per heavy atom. The van der Waals surface area contributed by atoms with Crippen LogP contribution in [0.4, 0.5) is 11.4 Å². The van der Waals surface area contributed by atoms with Crippen LogP contribution in [0.3, 0.4) is 0 Å². The molecule has 0 unspecified atom stereocenters. The lowest BCUT2D eigenvalue weighted by Gasteiger charge is -2.35. The molecule has 0 fully saturated rings. The van der Waals surface area contributed by atoms with Crippen LogP contribution in [0.1, 0.15) is 81.3 Å². The van der Waals surface area contributed by atoms with E-state index < -0.39 is 10.8 Å². The molecule has 0 aliphatic heterocycles. The monoisotopic (exact) mass is 831 g/mol. The first-order chi connectivity index (χ1) is 32.3. The molecule has 0 amide bonds. The number of rotatable bonds is 9. The second kappa shape index (κ2) is 16.1. The summed E-state index contributed by atoms with van der Waals surface area (Å²) in [5, 5.41) is 0. The average Bonchev–Trinajstić information content (AvgIpc) is 3.86. The van der Waals surface area contributed by atoms with Crippen molar-refractivity contribution in [3.05, 3.63) is 304 Å². The predicted molar refractivity (Wildman–Crippen MR) is 272 cm³/mol. The lowest BCUT2D eigenvalue weighted by atomic mass is 9.66. The lowest BCUT2D eigenvalue weighted by molar-refractivity contribution is 0.756. The van der Waals surface area contributed by atoms with Gasteiger partial charge in [-0.25, -0.2) is 0 Å². The third kappa shape index (κ3) is 6.14. The lowest BCUT2D eigenvalue weighted by Crippen LogP contribution is -2.29. The molecule has 0 aromatic heterocycles. The molecule has 8 aromatic rings. The summed E-state index contributed by atoms with van der Waals surface area (Å²) in [4.78, 5) is 2.43. The highest BCUT2D eigenvalue weighted by molar-refractivity contribution is 5.94. The Kier molecular flexibility index (Phi) is 9.64. The SMILES string of the molecule is C1=CC(N(c2ccccc2)c2ccc3c(c2)C(c2ccccc2)(c2ccccc2)c2cc(/C=C/c4cccc5c4C4=C(C=CCC4)C5(c4ccccc4)c4ccccc4)ccc2-3)=CCC1. The van der Waals surface area contributed by atoms with Crippen molar-refractivity contribution in [3.8, 4) is 11.1 Å². The van der Waals surface area contributed by atoms with Crippen molar-refractivity contribution in [2.45, 2.75) is 36.5 Å². The predicted octanol–water partition coefficient (Wildman–Crippen LogP) is 16.0. The number of hydrogen-bond acceptors (Lipinski definition) is 1. The van der Waals surface area contributed by atoms with Crippen LogP contribution in [-0.2, 0) is 10.8 Å². The van der Waals surface area contributed by atoms with Crippen molar-refractivity contribution in [1.82, 2.24) is 0 Å². The third-order valence-corrected chi connectivity index (χ3v) is 14.3. The maximum atomic E-state index is 2.48. The molecule has 0 saturated heterocycles. The highest BCUT2D eigenvalue weighted by atomic mass is 15.1. The third-order valence-electron chi connectivity index (χ3n) is 14.3. The zero-order valence-corrected chi connectivity index (χ0v) is 36.4. The van der Waals surface area contributed by atoms with E-state index in [9.17, 15) is 0 Å². The molecule has 0 N–H and O–H groups in total. The maximum Gasteiger partial charge on any atom is 0.0714 e. The fourth-order valence-electron chi connectivity index (χ4n) is 11.7. The number of hydrogen-bond donors (Lipinski definition) is 0. The summed E-state index contributed by atoms with van der Waals surface area (Å²) in [6.07, 6.45) is 20.7. The number of benzene rings is 8. The van der Waals surface area contributed by atoms with Crippen molar-refractivity contribution in [2.24, 2.45) is 0 Å². The number of para-hydroxylation sites is 1. The van der Waals surface area contributed by atoms with E-state index in [-0.39, 0.29) is 0 Å². The minimum absolute atomic E-state index is 0.392. The Morgan fingerprint density at radius 3 is 1.60 bits per heavy atom. The summed E-state index contributed by atoms with van der Waals surface area (Å²) in [6, 6.07) is 76.8. The Labute approximate surface area is 383 Å². The zero-order chi connectivity index (χ0) is 43.2. The van der Waals surface area contributed by atoms with Gasteiger partial charge in [-0.2, -0.15) is 0 Å². The molecule has 0 spiro atoms. The van der Waals surface area contributed by atoms with Gasteiger partial charge in [-0.3, -0.25) is 0 Å². The van der Waals surface area contributed by atoms with Gasteiger partial charge in [0.2, 0.25) is 0 Å². The van der Waals surface area contributed by atoms with Gasteiger partial charge in [0.25, 0.3) is 0 Å². The van der Waals surface area contributed by atoms with Crippen LogP contribution >= 0.6 is 0 Å². The topological polar surface area (TPSA) is 3.24 Å². The van der Waals surface area contributed by atoms with Crippen LogP contribution in [0, 0.1) is 0 Å². The number of allylic oxidation sites excluding steroid dienone is 7. The Morgan fingerprint density at radius 1 is 0.415 bits per heavy atom. The van der Waals surface area contributed by atoms with Gasteiger partial charge in [-0.15, -0.1) is 0 Å². The van der Waals surface area contributed by atoms with Crippen LogP contribution in [0.2, 0.25) is 0 Å². The average molecular weight is 832 g/mol. The van der Waals surface area contributed by atoms with Crippen LogP contribution in [-0.4, -0.2) is 0 Å². The molecule has 1 nitrogen and oxygen atoms in total. The van der Waals surface area contributed by atoms with E-state index in [1.807, 2.05) is 0 Å². The van der Waals surface area contributed by atoms with Crippen molar-refractivity contribution < 1.29 is 0 Å². The number of anilines is 2. The van der Waals surface area contributed by atoms with Crippen LogP contribution in [0.15, 0.2) is 248 Å². The summed E-state index contributed by atoms with van der Waals surface area (Å²) in [5.41, 5.74) is 20.9. The largest absolute Gasteiger partial charge is 0.311 e. The second-order valence-corrected chi connectivity index (χ2v) is 17.7. The fourth-order valence-corrected chi connectivity index (χ4v) is 11.7. The molecule has 0 bridgehead atoms. The van der Waals surface area contributed by atoms with Gasteiger partial charge in [-0.05, 0) is 140 Å². The molecule has 8 aromatic carbocycles. The molecule has 310 valence electrons. The van der Waals surface area contributed by atoms with E-state index in [1.165, 1.54) is 83.6 Å². The molecule has 1 heteroatoms. The molecule has 0 heterocycles. The molecule has 4 aliphatic rings. The van der Waals surface area contributed by atoms with Gasteiger partial charge in [-0.1, -0.05) is 212 Å². The van der Waals surface area contributed by atoms with E-state index in [4.69, 9.17) is 0 Å². The molecule has 65 heavy (non-hydrogen) atoms. The first-order valence-corrected chi connectivity index (χ1v) is 23.2. The van der Waals surface area contributed by atoms with Crippen LogP contribution in [0.5, 0.6) is 0 Å². The summed E-state index contributed by atoms with van der Waals surface area (Å²) in [5.74, 6) is 0.